The van der Waals surface area contributed by atoms with Gasteiger partial charge in [-0.05, 0) is 6.42 Å². The Morgan fingerprint density at radius 1 is 1.35 bits per heavy atom. The molecule has 0 radical (unpaired) electrons. The number of nitrogens with zero attached hydrogens (tertiary/aromatic N) is 1. The average Bonchev–Trinajstić information content (AvgIpc) is 2.14. The van der Waals surface area contributed by atoms with Gasteiger partial charge in [-0.3, -0.25) is 14.5 Å². The SMILES string of the molecule is NC(=S)C(CN1C(=O)CCCC1=O)C(F)(F)F. The molecular weight excluding hydrogens is 257 g/mol. The van der Waals surface area contributed by atoms with Crippen LogP contribution in [0.4, 0.5) is 13.2 Å². The predicted octanol–water partition coefficient (Wildman–Crippen LogP) is 0.990. The minimum absolute atomic E-state index is 0.0770. The van der Waals surface area contributed by atoms with E-state index >= 15 is 0 Å². The highest BCUT2D eigenvalue weighted by Gasteiger charge is 2.44. The number of halogens is 3. The Kier molecular flexibility index (Phi) is 4.07. The molecule has 1 aliphatic rings. The number of imide groups is 1. The first-order valence-electron chi connectivity index (χ1n) is 4.92. The van der Waals surface area contributed by atoms with Gasteiger partial charge in [0.2, 0.25) is 11.8 Å². The van der Waals surface area contributed by atoms with Crippen molar-refractivity contribution in [2.45, 2.75) is 25.4 Å². The summed E-state index contributed by atoms with van der Waals surface area (Å²) < 4.78 is 37.7. The van der Waals surface area contributed by atoms with Crippen LogP contribution in [0.1, 0.15) is 19.3 Å². The molecule has 1 heterocycles. The van der Waals surface area contributed by atoms with Gasteiger partial charge in [-0.2, -0.15) is 13.2 Å². The lowest BCUT2D eigenvalue weighted by molar-refractivity contribution is -0.167. The van der Waals surface area contributed by atoms with E-state index in [1.54, 1.807) is 0 Å². The molecule has 1 rings (SSSR count). The van der Waals surface area contributed by atoms with Crippen LogP contribution in [0.2, 0.25) is 0 Å². The molecule has 0 aliphatic carbocycles. The lowest BCUT2D eigenvalue weighted by Crippen LogP contribution is -2.49. The van der Waals surface area contributed by atoms with Gasteiger partial charge < -0.3 is 5.73 Å². The van der Waals surface area contributed by atoms with E-state index in [2.05, 4.69) is 12.2 Å². The molecule has 4 nitrogen and oxygen atoms in total. The number of carbonyl (C=O) groups is 2. The van der Waals surface area contributed by atoms with Gasteiger partial charge in [-0.25, -0.2) is 0 Å². The average molecular weight is 268 g/mol. The molecule has 0 bridgehead atoms. The third-order valence-electron chi connectivity index (χ3n) is 2.49. The van der Waals surface area contributed by atoms with E-state index < -0.39 is 35.4 Å². The van der Waals surface area contributed by atoms with E-state index in [0.717, 1.165) is 0 Å². The maximum Gasteiger partial charge on any atom is 0.399 e. The van der Waals surface area contributed by atoms with Crippen LogP contribution in [0.5, 0.6) is 0 Å². The smallest absolute Gasteiger partial charge is 0.393 e. The van der Waals surface area contributed by atoms with E-state index in [0.29, 0.717) is 11.3 Å². The van der Waals surface area contributed by atoms with Gasteiger partial charge in [0.1, 0.15) is 5.92 Å². The van der Waals surface area contributed by atoms with Crippen LogP contribution in [-0.2, 0) is 9.59 Å². The Hall–Kier alpha value is -1.18. The van der Waals surface area contributed by atoms with Crippen molar-refractivity contribution >= 4 is 29.0 Å². The van der Waals surface area contributed by atoms with Crippen LogP contribution in [0.25, 0.3) is 0 Å². The Labute approximate surface area is 101 Å². The summed E-state index contributed by atoms with van der Waals surface area (Å²) in [6, 6.07) is 0. The number of carbonyl (C=O) groups excluding carboxylic acids is 2. The summed E-state index contributed by atoms with van der Waals surface area (Å²) in [5.41, 5.74) is 4.99. The number of piperidine rings is 1. The standard InChI is InChI=1S/C9H11F3N2O2S/c10-9(11,12)5(8(13)17)4-14-6(15)2-1-3-7(14)16/h5H,1-4H2,(H2,13,17). The van der Waals surface area contributed by atoms with Crippen LogP contribution in [0.3, 0.4) is 0 Å². The molecule has 17 heavy (non-hydrogen) atoms. The van der Waals surface area contributed by atoms with Crippen molar-refractivity contribution in [2.24, 2.45) is 11.7 Å². The largest absolute Gasteiger partial charge is 0.399 e. The molecule has 8 heteroatoms. The molecule has 1 unspecified atom stereocenters. The Morgan fingerprint density at radius 2 is 1.82 bits per heavy atom. The van der Waals surface area contributed by atoms with E-state index in [9.17, 15) is 22.8 Å². The van der Waals surface area contributed by atoms with Crippen molar-refractivity contribution < 1.29 is 22.8 Å². The number of hydrogen-bond donors (Lipinski definition) is 1. The van der Waals surface area contributed by atoms with Gasteiger partial charge in [-0.1, -0.05) is 12.2 Å². The molecule has 0 saturated carbocycles. The quantitative estimate of drug-likeness (QED) is 0.612. The molecule has 1 aliphatic heterocycles. The van der Waals surface area contributed by atoms with Crippen LogP contribution in [0, 0.1) is 5.92 Å². The van der Waals surface area contributed by atoms with Crippen molar-refractivity contribution in [2.75, 3.05) is 6.54 Å². The van der Waals surface area contributed by atoms with Crippen LogP contribution >= 0.6 is 12.2 Å². The number of hydrogen-bond acceptors (Lipinski definition) is 3. The van der Waals surface area contributed by atoms with E-state index in [1.807, 2.05) is 0 Å². The lowest BCUT2D eigenvalue weighted by Gasteiger charge is -2.29. The molecule has 0 spiro atoms. The van der Waals surface area contributed by atoms with Crippen molar-refractivity contribution in [1.82, 2.24) is 4.90 Å². The molecule has 2 amide bonds. The van der Waals surface area contributed by atoms with Gasteiger partial charge >= 0.3 is 6.18 Å². The second kappa shape index (κ2) is 4.99. The molecule has 1 saturated heterocycles. The molecule has 2 N–H and O–H groups in total. The monoisotopic (exact) mass is 268 g/mol. The van der Waals surface area contributed by atoms with Crippen molar-refractivity contribution in [3.8, 4) is 0 Å². The number of alkyl halides is 3. The van der Waals surface area contributed by atoms with E-state index in [1.165, 1.54) is 0 Å². The first kappa shape index (κ1) is 13.9. The highest BCUT2D eigenvalue weighted by atomic mass is 32.1. The van der Waals surface area contributed by atoms with Crippen molar-refractivity contribution in [3.63, 3.8) is 0 Å². The maximum absolute atomic E-state index is 12.6. The topological polar surface area (TPSA) is 63.4 Å². The van der Waals surface area contributed by atoms with Gasteiger partial charge in [0.25, 0.3) is 0 Å². The van der Waals surface area contributed by atoms with Gasteiger partial charge in [0.05, 0.1) is 4.99 Å². The van der Waals surface area contributed by atoms with Crippen LogP contribution in [-0.4, -0.2) is 34.4 Å². The van der Waals surface area contributed by atoms with E-state index in [4.69, 9.17) is 5.73 Å². The highest BCUT2D eigenvalue weighted by Crippen LogP contribution is 2.28. The van der Waals surface area contributed by atoms with Gasteiger partial charge in [-0.15, -0.1) is 0 Å². The fraction of sp³-hybridized carbons (Fsp3) is 0.667. The molecular formula is C9H11F3N2O2S. The third-order valence-corrected chi connectivity index (χ3v) is 2.77. The molecule has 0 aromatic carbocycles. The van der Waals surface area contributed by atoms with Gasteiger partial charge in [0, 0.05) is 19.4 Å². The summed E-state index contributed by atoms with van der Waals surface area (Å²) in [7, 11) is 0. The second-order valence-corrected chi connectivity index (χ2v) is 4.22. The Morgan fingerprint density at radius 3 is 2.18 bits per heavy atom. The van der Waals surface area contributed by atoms with E-state index in [-0.39, 0.29) is 12.8 Å². The summed E-state index contributed by atoms with van der Waals surface area (Å²) in [5.74, 6) is -3.35. The van der Waals surface area contributed by atoms with Crippen molar-refractivity contribution in [3.05, 3.63) is 0 Å². The summed E-state index contributed by atoms with van der Waals surface area (Å²) in [6.45, 7) is -0.809. The van der Waals surface area contributed by atoms with Gasteiger partial charge in [0.15, 0.2) is 0 Å². The van der Waals surface area contributed by atoms with Crippen LogP contribution in [0.15, 0.2) is 0 Å². The summed E-state index contributed by atoms with van der Waals surface area (Å²) >= 11 is 4.32. The zero-order valence-electron chi connectivity index (χ0n) is 8.79. The normalized spacial score (nSPS) is 19.4. The summed E-state index contributed by atoms with van der Waals surface area (Å²) in [4.78, 5) is 22.5. The van der Waals surface area contributed by atoms with Crippen LogP contribution < -0.4 is 5.73 Å². The molecule has 0 aromatic heterocycles. The summed E-state index contributed by atoms with van der Waals surface area (Å²) in [5, 5.41) is 0. The fourth-order valence-corrected chi connectivity index (χ4v) is 1.75. The number of thiocarbonyl (C=S) groups is 1. The predicted molar refractivity (Wildman–Crippen MR) is 56.9 cm³/mol. The Bertz CT molecular complexity index is 341. The number of likely N-dealkylation sites (tertiary alicyclic amines) is 1. The zero-order chi connectivity index (χ0) is 13.2. The number of amides is 2. The minimum Gasteiger partial charge on any atom is -0.393 e. The highest BCUT2D eigenvalue weighted by molar-refractivity contribution is 7.80. The minimum atomic E-state index is -4.65. The fourth-order valence-electron chi connectivity index (χ4n) is 1.54. The molecule has 1 atom stereocenters. The number of rotatable bonds is 3. The first-order valence-corrected chi connectivity index (χ1v) is 5.33. The number of nitrogens with two attached hydrogens (primary N) is 1. The third kappa shape index (κ3) is 3.39. The zero-order valence-corrected chi connectivity index (χ0v) is 9.61. The first-order chi connectivity index (χ1) is 7.73. The summed E-state index contributed by atoms with van der Waals surface area (Å²) in [6.07, 6.45) is -4.12. The maximum atomic E-state index is 12.6. The molecule has 96 valence electrons. The van der Waals surface area contributed by atoms with Crippen molar-refractivity contribution in [1.29, 1.82) is 0 Å². The lowest BCUT2D eigenvalue weighted by atomic mass is 10.0. The molecule has 0 aromatic rings. The Balaban J connectivity index is 2.82. The second-order valence-electron chi connectivity index (χ2n) is 3.75. The molecule has 1 fully saturated rings.